The van der Waals surface area contributed by atoms with Crippen LogP contribution in [0.2, 0.25) is 10.0 Å². The second-order valence-electron chi connectivity index (χ2n) is 12.4. The van der Waals surface area contributed by atoms with Gasteiger partial charge < -0.3 is 35.8 Å². The second kappa shape index (κ2) is 22.8. The number of amides is 2. The minimum absolute atomic E-state index is 0.0207. The molecule has 0 heterocycles. The zero-order valence-corrected chi connectivity index (χ0v) is 32.7. The van der Waals surface area contributed by atoms with Crippen LogP contribution in [0.1, 0.15) is 53.5 Å². The number of halogens is 2. The quantitative estimate of drug-likeness (QED) is 0.0316. The maximum absolute atomic E-state index is 12.9. The number of guanidine groups is 1. The van der Waals surface area contributed by atoms with E-state index in [-0.39, 0.29) is 30.0 Å². The van der Waals surface area contributed by atoms with Crippen LogP contribution in [-0.4, -0.2) is 74.1 Å². The number of aromatic hydroxyl groups is 1. The Morgan fingerprint density at radius 1 is 0.745 bits per heavy atom. The number of amidine groups is 2. The summed E-state index contributed by atoms with van der Waals surface area (Å²) in [5.74, 6) is 1.21. The zero-order chi connectivity index (χ0) is 39.4. The van der Waals surface area contributed by atoms with Crippen molar-refractivity contribution < 1.29 is 24.2 Å². The Kier molecular flexibility index (Phi) is 17.6. The Hall–Kier alpha value is -5.27. The van der Waals surface area contributed by atoms with E-state index >= 15 is 0 Å². The predicted octanol–water partition coefficient (Wildman–Crippen LogP) is 7.84. The predicted molar refractivity (Wildman–Crippen MR) is 222 cm³/mol. The van der Waals surface area contributed by atoms with Gasteiger partial charge in [-0.25, -0.2) is 0 Å². The number of carbonyl (C=O) groups excluding carboxylic acids is 2. The normalized spacial score (nSPS) is 12.6. The van der Waals surface area contributed by atoms with Crippen molar-refractivity contribution in [3.8, 4) is 5.75 Å². The molecule has 14 heteroatoms. The molecule has 0 saturated carbocycles. The lowest BCUT2D eigenvalue weighted by Crippen LogP contribution is -2.27. The average molecular weight is 789 g/mol. The lowest BCUT2D eigenvalue weighted by Gasteiger charge is -2.17. The molecule has 4 aromatic carbocycles. The van der Waals surface area contributed by atoms with Gasteiger partial charge in [-0.3, -0.25) is 14.6 Å². The Balaban J connectivity index is 1.33. The van der Waals surface area contributed by atoms with E-state index in [1.165, 1.54) is 0 Å². The van der Waals surface area contributed by atoms with Gasteiger partial charge in [-0.05, 0) is 97.8 Å². The molecule has 1 atom stereocenters. The number of nitrogens with zero attached hydrogens (tertiary/aromatic N) is 3. The Morgan fingerprint density at radius 3 is 2.02 bits per heavy atom. The van der Waals surface area contributed by atoms with E-state index in [2.05, 4.69) is 45.1 Å². The second-order valence-corrected chi connectivity index (χ2v) is 13.2. The molecule has 55 heavy (non-hydrogen) atoms. The molecular formula is C41H47Cl2N7O5. The van der Waals surface area contributed by atoms with E-state index < -0.39 is 0 Å². The van der Waals surface area contributed by atoms with Crippen molar-refractivity contribution in [2.75, 3.05) is 50.2 Å². The van der Waals surface area contributed by atoms with Crippen molar-refractivity contribution in [2.24, 2.45) is 20.9 Å². The van der Waals surface area contributed by atoms with Gasteiger partial charge in [0.25, 0.3) is 11.8 Å². The summed E-state index contributed by atoms with van der Waals surface area (Å²) < 4.78 is 11.2. The fourth-order valence-corrected chi connectivity index (χ4v) is 5.46. The van der Waals surface area contributed by atoms with Crippen molar-refractivity contribution in [3.05, 3.63) is 124 Å². The lowest BCUT2D eigenvalue weighted by atomic mass is 10.1. The van der Waals surface area contributed by atoms with Gasteiger partial charge in [0, 0.05) is 51.6 Å². The highest BCUT2D eigenvalue weighted by Gasteiger charge is 2.13. The van der Waals surface area contributed by atoms with Crippen LogP contribution in [0.5, 0.6) is 5.75 Å². The average Bonchev–Trinajstić information content (AvgIpc) is 3.18. The molecule has 0 aliphatic heterocycles. The van der Waals surface area contributed by atoms with Gasteiger partial charge in [0.1, 0.15) is 17.4 Å². The molecule has 0 spiro atoms. The maximum atomic E-state index is 12.9. The van der Waals surface area contributed by atoms with Crippen molar-refractivity contribution in [3.63, 3.8) is 0 Å². The number of nitrogens with one attached hydrogen (secondary N) is 4. The highest BCUT2D eigenvalue weighted by atomic mass is 35.5. The molecular weight excluding hydrogens is 741 g/mol. The molecule has 2 amide bonds. The van der Waals surface area contributed by atoms with Gasteiger partial charge in [-0.15, -0.1) is 0 Å². The minimum atomic E-state index is -0.235. The number of rotatable bonds is 17. The Morgan fingerprint density at radius 2 is 1.35 bits per heavy atom. The molecule has 12 nitrogen and oxygen atoms in total. The highest BCUT2D eigenvalue weighted by molar-refractivity contribution is 6.34. The topological polar surface area (TPSA) is 158 Å². The summed E-state index contributed by atoms with van der Waals surface area (Å²) in [6.07, 6.45) is 0.794. The van der Waals surface area contributed by atoms with Crippen molar-refractivity contribution >= 4 is 64.0 Å². The molecule has 0 aromatic heterocycles. The smallest absolute Gasteiger partial charge is 0.251 e. The fourth-order valence-electron chi connectivity index (χ4n) is 4.88. The van der Waals surface area contributed by atoms with Gasteiger partial charge in [0.2, 0.25) is 5.96 Å². The number of phenolic OH excluding ortho intramolecular Hbond substituents is 1. The van der Waals surface area contributed by atoms with Crippen LogP contribution in [0.15, 0.2) is 112 Å². The van der Waals surface area contributed by atoms with Crippen LogP contribution in [0, 0.1) is 5.92 Å². The molecule has 4 rings (SSSR count). The number of hydrogen-bond acceptors (Lipinski definition) is 6. The molecule has 290 valence electrons. The standard InChI is InChI=1S/C41H47Cl2N7O5/c1-4-28(2)38(48-35-12-10-32(11-13-35)40(53)46-27-30-24-33(42)26-34(43)25-30)50-41(49-36-14-16-37(51)17-15-36)47-29(3)44-18-20-54-22-23-55-21-19-45-39(52)31-8-6-5-7-9-31/h5-17,24-26,28,51H,4,18-23,27H2,1-3H3,(H,45,52)(H,46,53)(H2,44,47,48,49,50). The first-order valence-corrected chi connectivity index (χ1v) is 18.7. The number of aliphatic imine (C=N–C) groups is 3. The molecule has 5 N–H and O–H groups in total. The van der Waals surface area contributed by atoms with Crippen molar-refractivity contribution in [2.45, 2.75) is 33.7 Å². The summed E-state index contributed by atoms with van der Waals surface area (Å²) in [6, 6.07) is 27.9. The van der Waals surface area contributed by atoms with E-state index in [4.69, 9.17) is 37.7 Å². The number of carbonyl (C=O) groups is 2. The summed E-state index contributed by atoms with van der Waals surface area (Å²) in [7, 11) is 0. The monoisotopic (exact) mass is 787 g/mol. The molecule has 0 saturated heterocycles. The zero-order valence-electron chi connectivity index (χ0n) is 31.1. The highest BCUT2D eigenvalue weighted by Crippen LogP contribution is 2.20. The van der Waals surface area contributed by atoms with Crippen LogP contribution < -0.4 is 21.3 Å². The number of benzene rings is 4. The third-order valence-corrected chi connectivity index (χ3v) is 8.44. The van der Waals surface area contributed by atoms with Gasteiger partial charge in [0.15, 0.2) is 0 Å². The Labute approximate surface area is 332 Å². The van der Waals surface area contributed by atoms with Crippen LogP contribution in [0.3, 0.4) is 0 Å². The molecule has 0 radical (unpaired) electrons. The SMILES string of the molecule is CCC(C)C(=NC(=NC(C)=NCCOCCOCCNC(=O)c1ccccc1)Nc1ccc(O)cc1)Nc1ccc(C(=O)NCc2cc(Cl)cc(Cl)c2)cc1. The Bertz CT molecular complexity index is 1900. The number of hydrogen-bond donors (Lipinski definition) is 5. The van der Waals surface area contributed by atoms with E-state index in [9.17, 15) is 14.7 Å². The molecule has 0 aliphatic rings. The van der Waals surface area contributed by atoms with E-state index in [1.54, 1.807) is 73.7 Å². The first-order chi connectivity index (χ1) is 26.6. The van der Waals surface area contributed by atoms with Gasteiger partial charge in [-0.2, -0.15) is 9.98 Å². The summed E-state index contributed by atoms with van der Waals surface area (Å²) in [5, 5.41) is 23.1. The minimum Gasteiger partial charge on any atom is -0.508 e. The van der Waals surface area contributed by atoms with E-state index in [0.717, 1.165) is 17.7 Å². The van der Waals surface area contributed by atoms with Crippen molar-refractivity contribution in [1.29, 1.82) is 0 Å². The fraction of sp³-hybridized carbons (Fsp3) is 0.293. The van der Waals surface area contributed by atoms with Gasteiger partial charge in [-0.1, -0.05) is 55.2 Å². The van der Waals surface area contributed by atoms with Gasteiger partial charge in [0.05, 0.1) is 33.0 Å². The van der Waals surface area contributed by atoms with Crippen LogP contribution in [-0.2, 0) is 16.0 Å². The number of phenols is 1. The molecule has 4 aromatic rings. The summed E-state index contributed by atoms with van der Waals surface area (Å²) in [4.78, 5) is 39.0. The van der Waals surface area contributed by atoms with Crippen LogP contribution >= 0.6 is 23.2 Å². The summed E-state index contributed by atoms with van der Waals surface area (Å²) in [6.45, 7) is 8.48. The van der Waals surface area contributed by atoms with Crippen LogP contribution in [0.25, 0.3) is 0 Å². The summed E-state index contributed by atoms with van der Waals surface area (Å²) >= 11 is 12.2. The van der Waals surface area contributed by atoms with Crippen LogP contribution in [0.4, 0.5) is 11.4 Å². The number of ether oxygens (including phenoxy) is 2. The number of anilines is 2. The first kappa shape index (κ1) is 42.5. The third kappa shape index (κ3) is 15.5. The molecule has 0 fully saturated rings. The molecule has 0 bridgehead atoms. The lowest BCUT2D eigenvalue weighted by molar-refractivity contribution is 0.0512. The maximum Gasteiger partial charge on any atom is 0.251 e. The summed E-state index contributed by atoms with van der Waals surface area (Å²) in [5.41, 5.74) is 3.31. The van der Waals surface area contributed by atoms with E-state index in [0.29, 0.717) is 84.0 Å². The first-order valence-electron chi connectivity index (χ1n) is 17.9. The molecule has 1 unspecified atom stereocenters. The van der Waals surface area contributed by atoms with E-state index in [1.807, 2.05) is 30.3 Å². The van der Waals surface area contributed by atoms with Crippen molar-refractivity contribution in [1.82, 2.24) is 10.6 Å². The molecule has 0 aliphatic carbocycles. The largest absolute Gasteiger partial charge is 0.508 e. The van der Waals surface area contributed by atoms with Gasteiger partial charge >= 0.3 is 0 Å². The third-order valence-electron chi connectivity index (χ3n) is 8.01.